The maximum Gasteiger partial charge on any atom is 0.133 e. The normalized spacial score (nSPS) is 18.0. The highest BCUT2D eigenvalue weighted by Crippen LogP contribution is 2.37. The van der Waals surface area contributed by atoms with Crippen LogP contribution in [-0.2, 0) is 6.42 Å². The van der Waals surface area contributed by atoms with Gasteiger partial charge >= 0.3 is 0 Å². The Morgan fingerprint density at radius 3 is 2.59 bits per heavy atom. The molecule has 0 unspecified atom stereocenters. The first kappa shape index (κ1) is 17.3. The number of nitrogens with zero attached hydrogens (tertiary/aromatic N) is 1. The molecule has 0 radical (unpaired) electrons. The molecule has 1 aliphatic heterocycles. The molecular formula is C18H21BrClNO. The Labute approximate surface area is 147 Å². The molecule has 4 heteroatoms. The third-order valence-electron chi connectivity index (χ3n) is 4.25. The van der Waals surface area contributed by atoms with Crippen LogP contribution in [0.25, 0.3) is 0 Å². The second kappa shape index (κ2) is 7.49. The lowest BCUT2D eigenvalue weighted by Gasteiger charge is -2.22. The van der Waals surface area contributed by atoms with Crippen molar-refractivity contribution < 1.29 is 4.74 Å². The second-order valence-corrected chi connectivity index (χ2v) is 6.52. The van der Waals surface area contributed by atoms with E-state index in [1.54, 1.807) is 7.11 Å². The number of likely N-dealkylation sites (N-methyl/N-ethyl adjacent to an activating group) is 1. The average Bonchev–Trinajstić information content (AvgIpc) is 2.67. The Bertz CT molecular complexity index is 632. The predicted octanol–water partition coefficient (Wildman–Crippen LogP) is 4.50. The van der Waals surface area contributed by atoms with Gasteiger partial charge in [0.15, 0.2) is 0 Å². The third-order valence-corrected chi connectivity index (χ3v) is 4.87. The first-order chi connectivity index (χ1) is 10.2. The van der Waals surface area contributed by atoms with Crippen LogP contribution in [0.4, 0.5) is 0 Å². The van der Waals surface area contributed by atoms with Gasteiger partial charge in [0.25, 0.3) is 0 Å². The summed E-state index contributed by atoms with van der Waals surface area (Å²) in [6, 6.07) is 15.2. The Hall–Kier alpha value is -1.03. The van der Waals surface area contributed by atoms with E-state index in [1.807, 2.05) is 0 Å². The van der Waals surface area contributed by atoms with Crippen molar-refractivity contribution in [3.8, 4) is 5.75 Å². The fourth-order valence-electron chi connectivity index (χ4n) is 3.09. The van der Waals surface area contributed by atoms with Crippen LogP contribution >= 0.6 is 28.3 Å². The van der Waals surface area contributed by atoms with Crippen LogP contribution in [0.1, 0.15) is 22.6 Å². The van der Waals surface area contributed by atoms with Crippen LogP contribution in [0.5, 0.6) is 5.75 Å². The van der Waals surface area contributed by atoms with Crippen molar-refractivity contribution in [3.63, 3.8) is 0 Å². The highest BCUT2D eigenvalue weighted by atomic mass is 79.9. The van der Waals surface area contributed by atoms with E-state index >= 15 is 0 Å². The van der Waals surface area contributed by atoms with Gasteiger partial charge in [-0.15, -0.1) is 12.4 Å². The third kappa shape index (κ3) is 3.48. The van der Waals surface area contributed by atoms with Crippen LogP contribution in [0.15, 0.2) is 46.9 Å². The molecule has 0 spiro atoms. The fourth-order valence-corrected chi connectivity index (χ4v) is 3.64. The van der Waals surface area contributed by atoms with E-state index in [2.05, 4.69) is 70.3 Å². The Balaban J connectivity index is 0.00000176. The number of ether oxygens (including phenoxy) is 1. The molecular weight excluding hydrogens is 362 g/mol. The molecule has 0 fully saturated rings. The average molecular weight is 383 g/mol. The van der Waals surface area contributed by atoms with Gasteiger partial charge in [0.2, 0.25) is 0 Å². The molecule has 1 heterocycles. The summed E-state index contributed by atoms with van der Waals surface area (Å²) in [6.45, 7) is 2.14. The van der Waals surface area contributed by atoms with E-state index < -0.39 is 0 Å². The zero-order valence-corrected chi connectivity index (χ0v) is 15.3. The maximum absolute atomic E-state index is 5.50. The quantitative estimate of drug-likeness (QED) is 0.758. The molecule has 2 nitrogen and oxygen atoms in total. The molecule has 3 rings (SSSR count). The molecule has 0 saturated heterocycles. The Kier molecular flexibility index (Phi) is 5.90. The van der Waals surface area contributed by atoms with Crippen molar-refractivity contribution in [1.82, 2.24) is 4.90 Å². The molecule has 1 atom stereocenters. The van der Waals surface area contributed by atoms with E-state index in [0.717, 1.165) is 29.7 Å². The molecule has 0 bridgehead atoms. The largest absolute Gasteiger partial charge is 0.496 e. The first-order valence-corrected chi connectivity index (χ1v) is 8.08. The maximum atomic E-state index is 5.50. The van der Waals surface area contributed by atoms with Gasteiger partial charge in [0.1, 0.15) is 5.75 Å². The molecule has 0 aliphatic carbocycles. The van der Waals surface area contributed by atoms with Gasteiger partial charge in [-0.3, -0.25) is 0 Å². The summed E-state index contributed by atoms with van der Waals surface area (Å²) in [6.07, 6.45) is 1.08. The van der Waals surface area contributed by atoms with Gasteiger partial charge < -0.3 is 9.64 Å². The van der Waals surface area contributed by atoms with Gasteiger partial charge in [-0.05, 0) is 58.2 Å². The molecule has 0 saturated carbocycles. The van der Waals surface area contributed by atoms with Gasteiger partial charge in [-0.1, -0.05) is 30.3 Å². The SMILES string of the molecule is COc1cc2c(cc1Br)CCN(C)C[C@H]2c1ccccc1.Cl. The zero-order valence-electron chi connectivity index (χ0n) is 12.9. The number of halogens is 2. The van der Waals surface area contributed by atoms with E-state index in [1.165, 1.54) is 16.7 Å². The number of rotatable bonds is 2. The zero-order chi connectivity index (χ0) is 14.8. The molecule has 0 N–H and O–H groups in total. The van der Waals surface area contributed by atoms with E-state index in [4.69, 9.17) is 4.74 Å². The number of fused-ring (bicyclic) bond motifs is 1. The van der Waals surface area contributed by atoms with Crippen molar-refractivity contribution >= 4 is 28.3 Å². The topological polar surface area (TPSA) is 12.5 Å². The van der Waals surface area contributed by atoms with Crippen molar-refractivity contribution in [2.75, 3.05) is 27.2 Å². The summed E-state index contributed by atoms with van der Waals surface area (Å²) in [7, 11) is 3.93. The summed E-state index contributed by atoms with van der Waals surface area (Å²) in [5.41, 5.74) is 4.18. The van der Waals surface area contributed by atoms with Crippen LogP contribution in [0, 0.1) is 0 Å². The van der Waals surface area contributed by atoms with E-state index in [9.17, 15) is 0 Å². The number of methoxy groups -OCH3 is 1. The van der Waals surface area contributed by atoms with Crippen molar-refractivity contribution in [1.29, 1.82) is 0 Å². The summed E-state index contributed by atoms with van der Waals surface area (Å²) in [5.74, 6) is 1.31. The standard InChI is InChI=1S/C18H20BrNO.ClH/c1-20-9-8-14-10-17(19)18(21-2)11-15(14)16(12-20)13-6-4-3-5-7-13;/h3-7,10-11,16H,8-9,12H2,1-2H3;1H/t16-;/m0./s1. The van der Waals surface area contributed by atoms with Gasteiger partial charge in [-0.25, -0.2) is 0 Å². The van der Waals surface area contributed by atoms with Crippen LogP contribution in [0.2, 0.25) is 0 Å². The van der Waals surface area contributed by atoms with Crippen molar-refractivity contribution in [2.24, 2.45) is 0 Å². The Morgan fingerprint density at radius 1 is 1.18 bits per heavy atom. The molecule has 0 aromatic heterocycles. The highest BCUT2D eigenvalue weighted by Gasteiger charge is 2.24. The van der Waals surface area contributed by atoms with Crippen LogP contribution < -0.4 is 4.74 Å². The molecule has 2 aromatic rings. The summed E-state index contributed by atoms with van der Waals surface area (Å²) in [4.78, 5) is 2.41. The molecule has 2 aromatic carbocycles. The van der Waals surface area contributed by atoms with Gasteiger partial charge in [0.05, 0.1) is 11.6 Å². The van der Waals surface area contributed by atoms with Crippen molar-refractivity contribution in [3.05, 3.63) is 63.6 Å². The summed E-state index contributed by atoms with van der Waals surface area (Å²) >= 11 is 3.61. The lowest BCUT2D eigenvalue weighted by atomic mass is 9.88. The number of hydrogen-bond donors (Lipinski definition) is 0. The molecule has 22 heavy (non-hydrogen) atoms. The van der Waals surface area contributed by atoms with Crippen LogP contribution in [-0.4, -0.2) is 32.1 Å². The summed E-state index contributed by atoms with van der Waals surface area (Å²) < 4.78 is 6.54. The minimum absolute atomic E-state index is 0. The summed E-state index contributed by atoms with van der Waals surface area (Å²) in [5, 5.41) is 0. The van der Waals surface area contributed by atoms with E-state index in [-0.39, 0.29) is 12.4 Å². The van der Waals surface area contributed by atoms with Crippen molar-refractivity contribution in [2.45, 2.75) is 12.3 Å². The molecule has 118 valence electrons. The predicted molar refractivity (Wildman–Crippen MR) is 97.4 cm³/mol. The number of hydrogen-bond acceptors (Lipinski definition) is 2. The lowest BCUT2D eigenvalue weighted by Crippen LogP contribution is -2.24. The van der Waals surface area contributed by atoms with Gasteiger partial charge in [0, 0.05) is 19.0 Å². The number of benzene rings is 2. The molecule has 1 aliphatic rings. The lowest BCUT2D eigenvalue weighted by molar-refractivity contribution is 0.338. The van der Waals surface area contributed by atoms with E-state index in [0.29, 0.717) is 5.92 Å². The fraction of sp³-hybridized carbons (Fsp3) is 0.333. The smallest absolute Gasteiger partial charge is 0.133 e. The second-order valence-electron chi connectivity index (χ2n) is 5.66. The minimum atomic E-state index is 0. The highest BCUT2D eigenvalue weighted by molar-refractivity contribution is 9.10. The first-order valence-electron chi connectivity index (χ1n) is 7.29. The Morgan fingerprint density at radius 2 is 1.91 bits per heavy atom. The van der Waals surface area contributed by atoms with Gasteiger partial charge in [-0.2, -0.15) is 0 Å². The minimum Gasteiger partial charge on any atom is -0.496 e. The molecule has 0 amide bonds. The van der Waals surface area contributed by atoms with Crippen LogP contribution in [0.3, 0.4) is 0 Å². The monoisotopic (exact) mass is 381 g/mol.